The van der Waals surface area contributed by atoms with Crippen LogP contribution in [0.1, 0.15) is 13.8 Å². The first kappa shape index (κ1) is 15.2. The van der Waals surface area contributed by atoms with E-state index in [1.807, 2.05) is 0 Å². The molecule has 0 aliphatic carbocycles. The van der Waals surface area contributed by atoms with Crippen LogP contribution >= 0.6 is 0 Å². The minimum absolute atomic E-state index is 0.0724. The molecule has 0 aliphatic heterocycles. The molecule has 1 rings (SSSR count). The number of halogens is 2. The molecule has 0 saturated carbocycles. The van der Waals surface area contributed by atoms with Gasteiger partial charge in [0.15, 0.2) is 0 Å². The van der Waals surface area contributed by atoms with E-state index >= 15 is 0 Å². The first-order valence-corrected chi connectivity index (χ1v) is 5.47. The number of hydrogen-bond donors (Lipinski definition) is 2. The molecule has 0 atom stereocenters. The van der Waals surface area contributed by atoms with Gasteiger partial charge in [-0.3, -0.25) is 4.79 Å². The van der Waals surface area contributed by atoms with Crippen LogP contribution in [0, 0.1) is 0 Å². The van der Waals surface area contributed by atoms with Crippen LogP contribution in [0.15, 0.2) is 18.2 Å². The number of alkyl halides is 2. The van der Waals surface area contributed by atoms with Gasteiger partial charge in [-0.25, -0.2) is 0 Å². The van der Waals surface area contributed by atoms with Gasteiger partial charge in [-0.15, -0.1) is 0 Å². The van der Waals surface area contributed by atoms with Crippen molar-refractivity contribution in [1.82, 2.24) is 0 Å². The van der Waals surface area contributed by atoms with E-state index in [2.05, 4.69) is 10.1 Å². The Kier molecular flexibility index (Phi) is 4.66. The lowest BCUT2D eigenvalue weighted by Crippen LogP contribution is -2.45. The fourth-order valence-electron chi connectivity index (χ4n) is 1.22. The van der Waals surface area contributed by atoms with E-state index < -0.39 is 18.1 Å². The second kappa shape index (κ2) is 5.83. The predicted octanol–water partition coefficient (Wildman–Crippen LogP) is 1.97. The summed E-state index contributed by atoms with van der Waals surface area (Å²) in [5.74, 6) is -0.292. The van der Waals surface area contributed by atoms with Crippen molar-refractivity contribution in [2.45, 2.75) is 26.0 Å². The van der Waals surface area contributed by atoms with E-state index in [9.17, 15) is 13.6 Å². The van der Waals surface area contributed by atoms with Crippen molar-refractivity contribution in [3.8, 4) is 11.5 Å². The molecule has 0 radical (unpaired) electrons. The standard InChI is InChI=1S/C12H16F2N2O3/c1-12(2,15)10(17)16-8-6-7(18-3)4-5-9(8)19-11(13)14/h4-6,11H,15H2,1-3H3,(H,16,17). The smallest absolute Gasteiger partial charge is 0.387 e. The van der Waals surface area contributed by atoms with Crippen LogP contribution in [0.2, 0.25) is 0 Å². The minimum atomic E-state index is -2.99. The Hall–Kier alpha value is -1.89. The van der Waals surface area contributed by atoms with Crippen molar-refractivity contribution < 1.29 is 23.0 Å². The fourth-order valence-corrected chi connectivity index (χ4v) is 1.22. The van der Waals surface area contributed by atoms with Gasteiger partial charge in [-0.1, -0.05) is 0 Å². The van der Waals surface area contributed by atoms with Crippen molar-refractivity contribution in [3.05, 3.63) is 18.2 Å². The third kappa shape index (κ3) is 4.36. The highest BCUT2D eigenvalue weighted by molar-refractivity contribution is 5.98. The minimum Gasteiger partial charge on any atom is -0.497 e. The lowest BCUT2D eigenvalue weighted by molar-refractivity contribution is -0.120. The molecule has 5 nitrogen and oxygen atoms in total. The summed E-state index contributed by atoms with van der Waals surface area (Å²) in [7, 11) is 1.42. The number of anilines is 1. The third-order valence-electron chi connectivity index (χ3n) is 2.24. The number of nitrogens with two attached hydrogens (primary N) is 1. The number of benzene rings is 1. The first-order chi connectivity index (χ1) is 8.74. The van der Waals surface area contributed by atoms with Gasteiger partial charge in [0.2, 0.25) is 5.91 Å². The van der Waals surface area contributed by atoms with Crippen LogP contribution in [0.4, 0.5) is 14.5 Å². The molecule has 7 heteroatoms. The number of amides is 1. The van der Waals surface area contributed by atoms with Crippen molar-refractivity contribution in [2.24, 2.45) is 5.73 Å². The number of nitrogens with one attached hydrogen (secondary N) is 1. The van der Waals surface area contributed by atoms with Gasteiger partial charge in [0.25, 0.3) is 0 Å². The molecule has 0 spiro atoms. The molecule has 1 aromatic carbocycles. The number of carbonyl (C=O) groups excluding carboxylic acids is 1. The summed E-state index contributed by atoms with van der Waals surface area (Å²) in [5, 5.41) is 2.43. The molecule has 0 fully saturated rings. The van der Waals surface area contributed by atoms with Crippen molar-refractivity contribution in [2.75, 3.05) is 12.4 Å². The molecule has 0 aromatic heterocycles. The van der Waals surface area contributed by atoms with Gasteiger partial charge in [0.05, 0.1) is 18.3 Å². The van der Waals surface area contributed by atoms with E-state index in [0.717, 1.165) is 0 Å². The molecule has 0 saturated heterocycles. The second-order valence-corrected chi connectivity index (χ2v) is 4.42. The lowest BCUT2D eigenvalue weighted by Gasteiger charge is -2.19. The van der Waals surface area contributed by atoms with Gasteiger partial charge in [-0.2, -0.15) is 8.78 Å². The highest BCUT2D eigenvalue weighted by atomic mass is 19.3. The number of rotatable bonds is 5. The summed E-state index contributed by atoms with van der Waals surface area (Å²) in [4.78, 5) is 11.8. The highest BCUT2D eigenvalue weighted by Crippen LogP contribution is 2.30. The summed E-state index contributed by atoms with van der Waals surface area (Å²) in [6.45, 7) is 0.00156. The van der Waals surface area contributed by atoms with Crippen LogP contribution < -0.4 is 20.5 Å². The van der Waals surface area contributed by atoms with E-state index in [0.29, 0.717) is 5.75 Å². The second-order valence-electron chi connectivity index (χ2n) is 4.42. The summed E-state index contributed by atoms with van der Waals surface area (Å²) >= 11 is 0. The Morgan fingerprint density at radius 2 is 2.05 bits per heavy atom. The van der Waals surface area contributed by atoms with Crippen LogP contribution in [-0.4, -0.2) is 25.2 Å². The zero-order valence-electron chi connectivity index (χ0n) is 10.9. The molecule has 19 heavy (non-hydrogen) atoms. The van der Waals surface area contributed by atoms with Gasteiger partial charge in [0, 0.05) is 6.07 Å². The maximum Gasteiger partial charge on any atom is 0.387 e. The van der Waals surface area contributed by atoms with Crippen molar-refractivity contribution >= 4 is 11.6 Å². The molecular weight excluding hydrogens is 258 g/mol. The molecule has 0 aliphatic rings. The van der Waals surface area contributed by atoms with Crippen LogP contribution in [0.3, 0.4) is 0 Å². The zero-order valence-corrected chi connectivity index (χ0v) is 10.9. The Balaban J connectivity index is 3.04. The Labute approximate surface area is 109 Å². The van der Waals surface area contributed by atoms with Crippen molar-refractivity contribution in [1.29, 1.82) is 0 Å². The normalized spacial score (nSPS) is 11.3. The van der Waals surface area contributed by atoms with Gasteiger partial charge < -0.3 is 20.5 Å². The summed E-state index contributed by atoms with van der Waals surface area (Å²) in [5.41, 5.74) is 4.54. The zero-order chi connectivity index (χ0) is 14.6. The van der Waals surface area contributed by atoms with Crippen LogP contribution in [0.5, 0.6) is 11.5 Å². The molecular formula is C12H16F2N2O3. The molecule has 0 unspecified atom stereocenters. The van der Waals surface area contributed by atoms with E-state index in [1.165, 1.54) is 39.2 Å². The SMILES string of the molecule is COc1ccc(OC(F)F)c(NC(=O)C(C)(C)N)c1. The number of carbonyl (C=O) groups is 1. The first-order valence-electron chi connectivity index (χ1n) is 5.47. The molecule has 1 amide bonds. The summed E-state index contributed by atoms with van der Waals surface area (Å²) in [6.07, 6.45) is 0. The number of hydrogen-bond acceptors (Lipinski definition) is 4. The fraction of sp³-hybridized carbons (Fsp3) is 0.417. The largest absolute Gasteiger partial charge is 0.497 e. The topological polar surface area (TPSA) is 73.6 Å². The molecule has 1 aromatic rings. The average Bonchev–Trinajstić information content (AvgIpc) is 2.29. The Morgan fingerprint density at radius 1 is 1.42 bits per heavy atom. The number of ether oxygens (including phenoxy) is 2. The van der Waals surface area contributed by atoms with E-state index in [-0.39, 0.29) is 11.4 Å². The monoisotopic (exact) mass is 274 g/mol. The van der Waals surface area contributed by atoms with Gasteiger partial charge >= 0.3 is 6.61 Å². The van der Waals surface area contributed by atoms with Crippen molar-refractivity contribution in [3.63, 3.8) is 0 Å². The molecule has 106 valence electrons. The highest BCUT2D eigenvalue weighted by Gasteiger charge is 2.23. The number of methoxy groups -OCH3 is 1. The summed E-state index contributed by atoms with van der Waals surface area (Å²) in [6, 6.07) is 4.10. The molecule has 0 bridgehead atoms. The van der Waals surface area contributed by atoms with Gasteiger partial charge in [0.1, 0.15) is 11.5 Å². The lowest BCUT2D eigenvalue weighted by atomic mass is 10.1. The van der Waals surface area contributed by atoms with E-state index in [4.69, 9.17) is 10.5 Å². The van der Waals surface area contributed by atoms with E-state index in [1.54, 1.807) is 0 Å². The van der Waals surface area contributed by atoms with Crippen LogP contribution in [-0.2, 0) is 4.79 Å². The maximum atomic E-state index is 12.3. The Bertz CT molecular complexity index is 459. The molecule has 0 heterocycles. The third-order valence-corrected chi connectivity index (χ3v) is 2.24. The van der Waals surface area contributed by atoms with Gasteiger partial charge in [-0.05, 0) is 26.0 Å². The Morgan fingerprint density at radius 3 is 2.53 bits per heavy atom. The summed E-state index contributed by atoms with van der Waals surface area (Å²) < 4.78 is 33.8. The van der Waals surface area contributed by atoms with Crippen LogP contribution in [0.25, 0.3) is 0 Å². The maximum absolute atomic E-state index is 12.3. The quantitative estimate of drug-likeness (QED) is 0.861. The molecule has 3 N–H and O–H groups in total. The average molecular weight is 274 g/mol. The predicted molar refractivity (Wildman–Crippen MR) is 66.5 cm³/mol.